The minimum Gasteiger partial charge on any atom is -0.491 e. The molecular weight excluding hydrogens is 244 g/mol. The Balaban J connectivity index is 2.37. The van der Waals surface area contributed by atoms with Gasteiger partial charge in [-0.05, 0) is 32.0 Å². The molecule has 0 fully saturated rings. The van der Waals surface area contributed by atoms with Gasteiger partial charge in [0.05, 0.1) is 6.10 Å². The second-order valence-corrected chi connectivity index (χ2v) is 3.95. The fourth-order valence-electron chi connectivity index (χ4n) is 1.10. The van der Waals surface area contributed by atoms with E-state index in [4.69, 9.17) is 9.47 Å². The lowest BCUT2D eigenvalue weighted by Gasteiger charge is -2.12. The second kappa shape index (κ2) is 6.04. The molecule has 0 spiro atoms. The molecule has 2 nitrogen and oxygen atoms in total. The Kier molecular flexibility index (Phi) is 4.98. The molecule has 1 aromatic rings. The Hall–Kier alpha value is -0.540. The summed E-state index contributed by atoms with van der Waals surface area (Å²) in [5, 5.41) is 0. The minimum absolute atomic E-state index is 0.138. The highest BCUT2D eigenvalue weighted by Crippen LogP contribution is 2.17. The molecule has 3 heteroatoms. The Bertz CT molecular complexity index is 276. The van der Waals surface area contributed by atoms with Crippen molar-refractivity contribution in [2.45, 2.75) is 20.0 Å². The summed E-state index contributed by atoms with van der Waals surface area (Å²) in [5.74, 6) is 0.867. The van der Waals surface area contributed by atoms with Gasteiger partial charge in [0.15, 0.2) is 0 Å². The van der Waals surface area contributed by atoms with Crippen LogP contribution in [-0.2, 0) is 4.74 Å². The lowest BCUT2D eigenvalue weighted by molar-refractivity contribution is 0.0402. The Morgan fingerprint density at radius 2 is 2.21 bits per heavy atom. The average Bonchev–Trinajstić information content (AvgIpc) is 2.15. The lowest BCUT2D eigenvalue weighted by Crippen LogP contribution is -2.17. The van der Waals surface area contributed by atoms with E-state index >= 15 is 0 Å². The van der Waals surface area contributed by atoms with Gasteiger partial charge in [0.1, 0.15) is 12.4 Å². The number of halogens is 1. The normalized spacial score (nSPS) is 12.5. The van der Waals surface area contributed by atoms with Gasteiger partial charge in [0.25, 0.3) is 0 Å². The third-order valence-corrected chi connectivity index (χ3v) is 2.23. The van der Waals surface area contributed by atoms with Crippen molar-refractivity contribution < 1.29 is 9.47 Å². The van der Waals surface area contributed by atoms with Crippen molar-refractivity contribution in [1.29, 1.82) is 0 Å². The summed E-state index contributed by atoms with van der Waals surface area (Å²) in [7, 11) is 0. The van der Waals surface area contributed by atoms with Crippen molar-refractivity contribution in [3.63, 3.8) is 0 Å². The summed E-state index contributed by atoms with van der Waals surface area (Å²) in [4.78, 5) is 0. The van der Waals surface area contributed by atoms with Crippen molar-refractivity contribution in [2.75, 3.05) is 13.2 Å². The van der Waals surface area contributed by atoms with Gasteiger partial charge < -0.3 is 9.47 Å². The molecule has 0 bridgehead atoms. The highest BCUT2D eigenvalue weighted by Gasteiger charge is 2.01. The number of hydrogen-bond donors (Lipinski definition) is 0. The molecule has 0 aromatic heterocycles. The topological polar surface area (TPSA) is 18.5 Å². The molecule has 0 aliphatic carbocycles. The molecule has 1 unspecified atom stereocenters. The zero-order valence-electron chi connectivity index (χ0n) is 8.50. The molecule has 0 aliphatic heterocycles. The first-order chi connectivity index (χ1) is 6.72. The third-order valence-electron chi connectivity index (χ3n) is 1.73. The molecule has 0 aliphatic rings. The van der Waals surface area contributed by atoms with Crippen LogP contribution in [-0.4, -0.2) is 19.3 Å². The van der Waals surface area contributed by atoms with E-state index < -0.39 is 0 Å². The number of ether oxygens (including phenoxy) is 2. The maximum Gasteiger partial charge on any atom is 0.120 e. The fourth-order valence-corrected chi connectivity index (χ4v) is 1.48. The summed E-state index contributed by atoms with van der Waals surface area (Å²) in [6.45, 7) is 5.30. The number of benzene rings is 1. The summed E-state index contributed by atoms with van der Waals surface area (Å²) in [6, 6.07) is 7.80. The first kappa shape index (κ1) is 11.5. The quantitative estimate of drug-likeness (QED) is 0.808. The predicted octanol–water partition coefficient (Wildman–Crippen LogP) is 3.25. The number of hydrogen-bond acceptors (Lipinski definition) is 2. The maximum atomic E-state index is 5.55. The summed E-state index contributed by atoms with van der Waals surface area (Å²) < 4.78 is 11.9. The van der Waals surface area contributed by atoms with Gasteiger partial charge in [-0.3, -0.25) is 0 Å². The van der Waals surface area contributed by atoms with Gasteiger partial charge in [0.2, 0.25) is 0 Å². The van der Waals surface area contributed by atoms with Crippen LogP contribution in [0.5, 0.6) is 5.75 Å². The first-order valence-corrected chi connectivity index (χ1v) is 5.51. The van der Waals surface area contributed by atoms with Crippen molar-refractivity contribution >= 4 is 15.9 Å². The van der Waals surface area contributed by atoms with E-state index in [1.807, 2.05) is 38.1 Å². The monoisotopic (exact) mass is 258 g/mol. The Morgan fingerprint density at radius 1 is 1.43 bits per heavy atom. The standard InChI is InChI=1S/C11H15BrO2/c1-3-13-9(2)8-14-11-6-4-5-10(12)7-11/h4-7,9H,3,8H2,1-2H3. The van der Waals surface area contributed by atoms with Crippen LogP contribution in [0.4, 0.5) is 0 Å². The van der Waals surface area contributed by atoms with Crippen LogP contribution in [0.15, 0.2) is 28.7 Å². The zero-order chi connectivity index (χ0) is 10.4. The van der Waals surface area contributed by atoms with Gasteiger partial charge >= 0.3 is 0 Å². The van der Waals surface area contributed by atoms with Crippen LogP contribution in [0.25, 0.3) is 0 Å². The molecule has 0 saturated heterocycles. The highest BCUT2D eigenvalue weighted by atomic mass is 79.9. The molecule has 1 aromatic carbocycles. The molecule has 0 N–H and O–H groups in total. The van der Waals surface area contributed by atoms with Crippen LogP contribution in [0.2, 0.25) is 0 Å². The van der Waals surface area contributed by atoms with Crippen LogP contribution in [0.3, 0.4) is 0 Å². The van der Waals surface area contributed by atoms with Crippen LogP contribution < -0.4 is 4.74 Å². The van der Waals surface area contributed by atoms with E-state index in [-0.39, 0.29) is 6.10 Å². The molecule has 0 heterocycles. The molecule has 0 saturated carbocycles. The second-order valence-electron chi connectivity index (χ2n) is 3.03. The summed E-state index contributed by atoms with van der Waals surface area (Å²) >= 11 is 3.39. The minimum atomic E-state index is 0.138. The first-order valence-electron chi connectivity index (χ1n) is 4.72. The summed E-state index contributed by atoms with van der Waals surface area (Å²) in [5.41, 5.74) is 0. The molecule has 0 amide bonds. The average molecular weight is 259 g/mol. The van der Waals surface area contributed by atoms with Crippen LogP contribution in [0.1, 0.15) is 13.8 Å². The van der Waals surface area contributed by atoms with Gasteiger partial charge in [0, 0.05) is 11.1 Å². The van der Waals surface area contributed by atoms with E-state index in [1.165, 1.54) is 0 Å². The van der Waals surface area contributed by atoms with Crippen molar-refractivity contribution in [1.82, 2.24) is 0 Å². The molecular formula is C11H15BrO2. The van der Waals surface area contributed by atoms with Crippen LogP contribution >= 0.6 is 15.9 Å². The van der Waals surface area contributed by atoms with Gasteiger partial charge in [-0.2, -0.15) is 0 Å². The highest BCUT2D eigenvalue weighted by molar-refractivity contribution is 9.10. The van der Waals surface area contributed by atoms with E-state index in [9.17, 15) is 0 Å². The van der Waals surface area contributed by atoms with Crippen molar-refractivity contribution in [3.05, 3.63) is 28.7 Å². The predicted molar refractivity (Wildman–Crippen MR) is 60.7 cm³/mol. The molecule has 14 heavy (non-hydrogen) atoms. The largest absolute Gasteiger partial charge is 0.491 e. The SMILES string of the molecule is CCOC(C)COc1cccc(Br)c1. The van der Waals surface area contributed by atoms with E-state index in [0.717, 1.165) is 16.8 Å². The molecule has 0 radical (unpaired) electrons. The van der Waals surface area contributed by atoms with Gasteiger partial charge in [-0.25, -0.2) is 0 Å². The van der Waals surface area contributed by atoms with Gasteiger partial charge in [-0.15, -0.1) is 0 Å². The summed E-state index contributed by atoms with van der Waals surface area (Å²) in [6.07, 6.45) is 0.138. The fraction of sp³-hybridized carbons (Fsp3) is 0.455. The van der Waals surface area contributed by atoms with Crippen molar-refractivity contribution in [3.8, 4) is 5.75 Å². The van der Waals surface area contributed by atoms with Crippen molar-refractivity contribution in [2.24, 2.45) is 0 Å². The molecule has 1 atom stereocenters. The molecule has 1 rings (SSSR count). The van der Waals surface area contributed by atoms with E-state index in [0.29, 0.717) is 6.61 Å². The van der Waals surface area contributed by atoms with Gasteiger partial charge in [-0.1, -0.05) is 22.0 Å². The lowest BCUT2D eigenvalue weighted by atomic mass is 10.3. The number of rotatable bonds is 5. The Labute approximate surface area is 93.4 Å². The van der Waals surface area contributed by atoms with E-state index in [2.05, 4.69) is 15.9 Å². The Morgan fingerprint density at radius 3 is 2.86 bits per heavy atom. The third kappa shape index (κ3) is 4.11. The smallest absolute Gasteiger partial charge is 0.120 e. The molecule has 78 valence electrons. The van der Waals surface area contributed by atoms with Crippen LogP contribution in [0, 0.1) is 0 Å². The zero-order valence-corrected chi connectivity index (χ0v) is 10.1. The maximum absolute atomic E-state index is 5.55. The van der Waals surface area contributed by atoms with E-state index in [1.54, 1.807) is 0 Å².